The predicted octanol–water partition coefficient (Wildman–Crippen LogP) is 3.01. The number of benzene rings is 1. The molecule has 1 aliphatic heterocycles. The molecule has 5 heteroatoms. The summed E-state index contributed by atoms with van der Waals surface area (Å²) in [5.74, 6) is 0.781. The Balaban J connectivity index is 2.24. The van der Waals surface area contributed by atoms with Crippen molar-refractivity contribution >= 4 is 6.21 Å². The van der Waals surface area contributed by atoms with Crippen LogP contribution in [0.2, 0.25) is 0 Å². The summed E-state index contributed by atoms with van der Waals surface area (Å²) in [6.07, 6.45) is 5.39. The molecule has 0 radical (unpaired) electrons. The molecule has 0 unspecified atom stereocenters. The highest BCUT2D eigenvalue weighted by Crippen LogP contribution is 2.36. The van der Waals surface area contributed by atoms with Crippen molar-refractivity contribution < 1.29 is 14.6 Å². The van der Waals surface area contributed by atoms with E-state index in [4.69, 9.17) is 9.47 Å². The van der Waals surface area contributed by atoms with Crippen LogP contribution in [0.5, 0.6) is 17.2 Å². The van der Waals surface area contributed by atoms with Gasteiger partial charge in [-0.05, 0) is 45.2 Å². The lowest BCUT2D eigenvalue weighted by atomic mass is 10.00. The van der Waals surface area contributed by atoms with Gasteiger partial charge in [0.05, 0.1) is 20.4 Å². The number of rotatable bonds is 4. The molecule has 1 aromatic rings. The van der Waals surface area contributed by atoms with Crippen molar-refractivity contribution in [2.24, 2.45) is 5.10 Å². The Morgan fingerprint density at radius 3 is 2.14 bits per heavy atom. The van der Waals surface area contributed by atoms with Gasteiger partial charge in [0.1, 0.15) is 0 Å². The van der Waals surface area contributed by atoms with Crippen molar-refractivity contribution in [3.8, 4) is 17.2 Å². The topological polar surface area (TPSA) is 54.3 Å². The quantitative estimate of drug-likeness (QED) is 0.867. The fraction of sp³-hybridized carbons (Fsp3) is 0.562. The Labute approximate surface area is 126 Å². The van der Waals surface area contributed by atoms with Gasteiger partial charge in [-0.2, -0.15) is 5.10 Å². The summed E-state index contributed by atoms with van der Waals surface area (Å²) in [5, 5.41) is 16.7. The zero-order valence-corrected chi connectivity index (χ0v) is 13.2. The van der Waals surface area contributed by atoms with Gasteiger partial charge in [-0.15, -0.1) is 0 Å². The van der Waals surface area contributed by atoms with Crippen LogP contribution in [0.25, 0.3) is 0 Å². The van der Waals surface area contributed by atoms with E-state index in [1.54, 1.807) is 18.3 Å². The van der Waals surface area contributed by atoms with Gasteiger partial charge in [-0.25, -0.2) is 0 Å². The molecule has 0 aromatic heterocycles. The first-order valence-corrected chi connectivity index (χ1v) is 7.34. The largest absolute Gasteiger partial charge is 0.502 e. The predicted molar refractivity (Wildman–Crippen MR) is 83.4 cm³/mol. The highest BCUT2D eigenvalue weighted by atomic mass is 16.5. The molecule has 0 amide bonds. The summed E-state index contributed by atoms with van der Waals surface area (Å²) in [6.45, 7) is 4.40. The number of phenolic OH excluding ortho intramolecular Hbond substituents is 1. The maximum absolute atomic E-state index is 9.91. The third-order valence-corrected chi connectivity index (χ3v) is 3.99. The van der Waals surface area contributed by atoms with Crippen LogP contribution in [0.3, 0.4) is 0 Å². The number of ether oxygens (including phenoxy) is 2. The summed E-state index contributed by atoms with van der Waals surface area (Å²) in [7, 11) is 3.04. The van der Waals surface area contributed by atoms with Crippen LogP contribution in [0.1, 0.15) is 38.7 Å². The Morgan fingerprint density at radius 1 is 1.14 bits per heavy atom. The van der Waals surface area contributed by atoms with Gasteiger partial charge in [0.2, 0.25) is 5.75 Å². The third-order valence-electron chi connectivity index (χ3n) is 3.99. The second kappa shape index (κ2) is 6.70. The van der Waals surface area contributed by atoms with E-state index in [1.165, 1.54) is 33.5 Å². The monoisotopic (exact) mass is 292 g/mol. The Morgan fingerprint density at radius 2 is 1.67 bits per heavy atom. The van der Waals surface area contributed by atoms with E-state index in [2.05, 4.69) is 24.0 Å². The number of hydrazone groups is 1. The molecule has 21 heavy (non-hydrogen) atoms. The van der Waals surface area contributed by atoms with Gasteiger partial charge in [0, 0.05) is 17.6 Å². The average molecular weight is 292 g/mol. The first kappa shape index (κ1) is 15.5. The molecular weight excluding hydrogens is 268 g/mol. The van der Waals surface area contributed by atoms with Crippen LogP contribution in [-0.4, -0.2) is 42.6 Å². The molecule has 1 fully saturated rings. The van der Waals surface area contributed by atoms with E-state index < -0.39 is 0 Å². The lowest BCUT2D eigenvalue weighted by molar-refractivity contribution is 0.109. The molecule has 1 aromatic carbocycles. The van der Waals surface area contributed by atoms with Gasteiger partial charge in [-0.1, -0.05) is 0 Å². The van der Waals surface area contributed by atoms with E-state index in [0.29, 0.717) is 23.6 Å². The van der Waals surface area contributed by atoms with E-state index >= 15 is 0 Å². The van der Waals surface area contributed by atoms with Crippen LogP contribution < -0.4 is 9.47 Å². The van der Waals surface area contributed by atoms with Crippen LogP contribution in [0.15, 0.2) is 17.2 Å². The highest BCUT2D eigenvalue weighted by Gasteiger charge is 2.22. The molecule has 0 saturated carbocycles. The number of phenols is 1. The summed E-state index contributed by atoms with van der Waals surface area (Å²) in [6, 6.07) is 4.40. The average Bonchev–Trinajstić information content (AvgIpc) is 2.48. The van der Waals surface area contributed by atoms with E-state index in [9.17, 15) is 5.11 Å². The van der Waals surface area contributed by atoms with Crippen molar-refractivity contribution in [1.29, 1.82) is 0 Å². The smallest absolute Gasteiger partial charge is 0.200 e. The van der Waals surface area contributed by atoms with Crippen LogP contribution in [0, 0.1) is 0 Å². The van der Waals surface area contributed by atoms with Crippen LogP contribution in [0.4, 0.5) is 0 Å². The second-order valence-electron chi connectivity index (χ2n) is 5.53. The molecular formula is C16H24N2O3. The van der Waals surface area contributed by atoms with Crippen LogP contribution >= 0.6 is 0 Å². The second-order valence-corrected chi connectivity index (χ2v) is 5.53. The zero-order chi connectivity index (χ0) is 15.4. The first-order valence-electron chi connectivity index (χ1n) is 7.34. The van der Waals surface area contributed by atoms with E-state index in [1.807, 2.05) is 0 Å². The molecule has 0 spiro atoms. The number of hydrogen-bond donors (Lipinski definition) is 1. The van der Waals surface area contributed by atoms with Crippen LogP contribution in [-0.2, 0) is 0 Å². The first-order chi connectivity index (χ1) is 10.1. The zero-order valence-electron chi connectivity index (χ0n) is 13.2. The van der Waals surface area contributed by atoms with Gasteiger partial charge in [0.25, 0.3) is 0 Å². The fourth-order valence-corrected chi connectivity index (χ4v) is 2.76. The SMILES string of the molecule is COc1cc(/C=N/N2[C@@H](C)CCC[C@@H]2C)cc(OC)c1O. The summed E-state index contributed by atoms with van der Waals surface area (Å²) in [4.78, 5) is 0. The van der Waals surface area contributed by atoms with Gasteiger partial charge in [-0.3, -0.25) is 5.01 Å². The number of methoxy groups -OCH3 is 2. The van der Waals surface area contributed by atoms with Gasteiger partial charge >= 0.3 is 0 Å². The number of hydrogen-bond acceptors (Lipinski definition) is 5. The lowest BCUT2D eigenvalue weighted by Gasteiger charge is -2.36. The minimum absolute atomic E-state index is 0.0110. The molecule has 1 heterocycles. The minimum atomic E-state index is 0.0110. The van der Waals surface area contributed by atoms with Crippen molar-refractivity contribution in [1.82, 2.24) is 5.01 Å². The normalized spacial score (nSPS) is 22.6. The van der Waals surface area contributed by atoms with E-state index in [-0.39, 0.29) is 5.75 Å². The maximum Gasteiger partial charge on any atom is 0.200 e. The molecule has 2 rings (SSSR count). The van der Waals surface area contributed by atoms with Gasteiger partial charge < -0.3 is 14.6 Å². The molecule has 116 valence electrons. The Kier molecular flexibility index (Phi) is 4.94. The Hall–Kier alpha value is -1.91. The molecule has 1 aliphatic rings. The molecule has 5 nitrogen and oxygen atoms in total. The van der Waals surface area contributed by atoms with Crippen molar-refractivity contribution in [3.63, 3.8) is 0 Å². The standard InChI is InChI=1S/C16H24N2O3/c1-11-6-5-7-12(2)18(11)17-10-13-8-14(20-3)16(19)15(9-13)21-4/h8-12,19H,5-7H2,1-4H3/b17-10+/t11-,12-/m0/s1. The summed E-state index contributed by atoms with van der Waals surface area (Å²) < 4.78 is 10.3. The fourth-order valence-electron chi connectivity index (χ4n) is 2.76. The van der Waals surface area contributed by atoms with Gasteiger partial charge in [0.15, 0.2) is 11.5 Å². The van der Waals surface area contributed by atoms with Crippen molar-refractivity contribution in [2.75, 3.05) is 14.2 Å². The number of piperidine rings is 1. The summed E-state index contributed by atoms with van der Waals surface area (Å²) in [5.41, 5.74) is 0.839. The molecule has 0 aliphatic carbocycles. The molecule has 0 bridgehead atoms. The minimum Gasteiger partial charge on any atom is -0.502 e. The molecule has 2 atom stereocenters. The van der Waals surface area contributed by atoms with E-state index in [0.717, 1.165) is 5.56 Å². The number of nitrogens with zero attached hydrogens (tertiary/aromatic N) is 2. The Bertz CT molecular complexity index is 481. The van der Waals surface area contributed by atoms with Crippen molar-refractivity contribution in [2.45, 2.75) is 45.2 Å². The molecule has 1 N–H and O–H groups in total. The number of aromatic hydroxyl groups is 1. The molecule has 1 saturated heterocycles. The summed E-state index contributed by atoms with van der Waals surface area (Å²) >= 11 is 0. The highest BCUT2D eigenvalue weighted by molar-refractivity contribution is 5.82. The third kappa shape index (κ3) is 3.40. The lowest BCUT2D eigenvalue weighted by Crippen LogP contribution is -2.39. The maximum atomic E-state index is 9.91. The van der Waals surface area contributed by atoms with Crippen molar-refractivity contribution in [3.05, 3.63) is 17.7 Å².